The van der Waals surface area contributed by atoms with E-state index < -0.39 is 4.92 Å². The Hall–Kier alpha value is -2.15. The third-order valence-electron chi connectivity index (χ3n) is 6.49. The summed E-state index contributed by atoms with van der Waals surface area (Å²) < 4.78 is 0. The zero-order valence-electron chi connectivity index (χ0n) is 15.2. The normalized spacial score (nSPS) is 28.3. The van der Waals surface area contributed by atoms with Gasteiger partial charge in [-0.2, -0.15) is 0 Å². The lowest BCUT2D eigenvalue weighted by atomic mass is 9.93. The average Bonchev–Trinajstić information content (AvgIpc) is 3.30. The minimum Gasteiger partial charge on any atom is -0.368 e. The quantitative estimate of drug-likeness (QED) is 0.660. The van der Waals surface area contributed by atoms with E-state index in [4.69, 9.17) is 0 Å². The predicted molar refractivity (Wildman–Crippen MR) is 99.5 cm³/mol. The minimum absolute atomic E-state index is 0.0482. The molecule has 26 heavy (non-hydrogen) atoms. The summed E-state index contributed by atoms with van der Waals surface area (Å²) in [4.78, 5) is 27.7. The van der Waals surface area contributed by atoms with Gasteiger partial charge in [-0.15, -0.1) is 0 Å². The monoisotopic (exact) mass is 358 g/mol. The molecule has 0 radical (unpaired) electrons. The molecule has 2 aliphatic carbocycles. The molecule has 1 saturated heterocycles. The Morgan fingerprint density at radius 3 is 2.54 bits per heavy atom. The van der Waals surface area contributed by atoms with E-state index >= 15 is 0 Å². The molecule has 140 valence electrons. The molecule has 2 saturated carbocycles. The van der Waals surface area contributed by atoms with E-state index in [2.05, 4.69) is 15.1 Å². The van der Waals surface area contributed by atoms with Crippen molar-refractivity contribution < 1.29 is 9.72 Å². The Bertz CT molecular complexity index is 715. The summed E-state index contributed by atoms with van der Waals surface area (Å²) in [5.41, 5.74) is 1.13. The number of nitro benzene ring substituents is 1. The molecule has 1 aromatic rings. The smallest absolute Gasteiger partial charge is 0.270 e. The number of non-ortho nitro benzene ring substituents is 1. The SMILES string of the molecule is CNC(=O)c1cc([N+](=O)[O-])ccc1N1CCN(C2CC3CCC2C3)CC1. The second kappa shape index (κ2) is 6.87. The van der Waals surface area contributed by atoms with Crippen LogP contribution in [0.25, 0.3) is 0 Å². The molecule has 4 rings (SSSR count). The van der Waals surface area contributed by atoms with E-state index in [0.29, 0.717) is 5.56 Å². The summed E-state index contributed by atoms with van der Waals surface area (Å²) in [5.74, 6) is 1.55. The van der Waals surface area contributed by atoms with Gasteiger partial charge in [0.05, 0.1) is 16.2 Å². The summed E-state index contributed by atoms with van der Waals surface area (Å²) in [6, 6.07) is 5.34. The number of carbonyl (C=O) groups excluding carboxylic acids is 1. The summed E-state index contributed by atoms with van der Waals surface area (Å²) in [6.45, 7) is 3.71. The highest BCUT2D eigenvalue weighted by atomic mass is 16.6. The van der Waals surface area contributed by atoms with Gasteiger partial charge in [-0.05, 0) is 37.2 Å². The van der Waals surface area contributed by atoms with Gasteiger partial charge in [-0.25, -0.2) is 0 Å². The van der Waals surface area contributed by atoms with Crippen LogP contribution in [0, 0.1) is 22.0 Å². The van der Waals surface area contributed by atoms with Gasteiger partial charge in [0.1, 0.15) is 0 Å². The largest absolute Gasteiger partial charge is 0.368 e. The molecule has 3 fully saturated rings. The molecule has 3 unspecified atom stereocenters. The first-order valence-corrected chi connectivity index (χ1v) is 9.56. The van der Waals surface area contributed by atoms with Crippen LogP contribution in [-0.4, -0.2) is 55.0 Å². The molecule has 1 N–H and O–H groups in total. The van der Waals surface area contributed by atoms with Crippen LogP contribution >= 0.6 is 0 Å². The van der Waals surface area contributed by atoms with E-state index in [-0.39, 0.29) is 11.6 Å². The number of nitrogens with zero attached hydrogens (tertiary/aromatic N) is 3. The number of fused-ring (bicyclic) bond motifs is 2. The maximum Gasteiger partial charge on any atom is 0.270 e. The number of amides is 1. The standard InChI is InChI=1S/C19H26N4O3/c1-20-19(24)16-12-15(23(25)26)4-5-17(16)21-6-8-22(9-7-21)18-11-13-2-3-14(18)10-13/h4-5,12-14,18H,2-3,6-11H2,1H3,(H,20,24). The van der Waals surface area contributed by atoms with Crippen LogP contribution in [0.15, 0.2) is 18.2 Å². The fourth-order valence-corrected chi connectivity index (χ4v) is 5.18. The molecule has 0 spiro atoms. The zero-order valence-corrected chi connectivity index (χ0v) is 15.2. The summed E-state index contributed by atoms with van der Waals surface area (Å²) in [5, 5.41) is 13.7. The summed E-state index contributed by atoms with van der Waals surface area (Å²) >= 11 is 0. The van der Waals surface area contributed by atoms with E-state index in [1.807, 2.05) is 0 Å². The molecule has 1 amide bonds. The van der Waals surface area contributed by atoms with Crippen molar-refractivity contribution in [3.8, 4) is 0 Å². The minimum atomic E-state index is -0.455. The van der Waals surface area contributed by atoms with Gasteiger partial charge in [0.25, 0.3) is 11.6 Å². The van der Waals surface area contributed by atoms with Gasteiger partial charge in [0.15, 0.2) is 0 Å². The Labute approximate surface area is 153 Å². The molecule has 1 aliphatic heterocycles. The molecule has 1 heterocycles. The third-order valence-corrected chi connectivity index (χ3v) is 6.49. The van der Waals surface area contributed by atoms with Gasteiger partial charge in [0, 0.05) is 51.4 Å². The van der Waals surface area contributed by atoms with Crippen LogP contribution in [0.2, 0.25) is 0 Å². The van der Waals surface area contributed by atoms with Gasteiger partial charge in [0.2, 0.25) is 0 Å². The van der Waals surface area contributed by atoms with Crippen molar-refractivity contribution in [2.75, 3.05) is 38.1 Å². The van der Waals surface area contributed by atoms with Crippen molar-refractivity contribution >= 4 is 17.3 Å². The van der Waals surface area contributed by atoms with Crippen LogP contribution in [0.5, 0.6) is 0 Å². The summed E-state index contributed by atoms with van der Waals surface area (Å²) in [6.07, 6.45) is 5.57. The number of benzene rings is 1. The van der Waals surface area contributed by atoms with Crippen molar-refractivity contribution in [3.05, 3.63) is 33.9 Å². The molecule has 3 atom stereocenters. The Morgan fingerprint density at radius 1 is 1.19 bits per heavy atom. The lowest BCUT2D eigenvalue weighted by molar-refractivity contribution is -0.384. The molecule has 3 aliphatic rings. The molecular weight excluding hydrogens is 332 g/mol. The number of nitro groups is 1. The van der Waals surface area contributed by atoms with Gasteiger partial charge >= 0.3 is 0 Å². The van der Waals surface area contributed by atoms with Crippen molar-refractivity contribution in [3.63, 3.8) is 0 Å². The Kier molecular flexibility index (Phi) is 4.56. The van der Waals surface area contributed by atoms with E-state index in [1.54, 1.807) is 13.1 Å². The molecule has 0 aromatic heterocycles. The zero-order chi connectivity index (χ0) is 18.3. The van der Waals surface area contributed by atoms with E-state index in [1.165, 1.54) is 37.8 Å². The van der Waals surface area contributed by atoms with Gasteiger partial charge in [-0.1, -0.05) is 6.42 Å². The van der Waals surface area contributed by atoms with Crippen LogP contribution in [0.1, 0.15) is 36.0 Å². The van der Waals surface area contributed by atoms with Crippen LogP contribution < -0.4 is 10.2 Å². The van der Waals surface area contributed by atoms with Crippen LogP contribution in [0.4, 0.5) is 11.4 Å². The second-order valence-corrected chi connectivity index (χ2v) is 7.80. The first-order valence-electron chi connectivity index (χ1n) is 9.56. The number of carbonyl (C=O) groups is 1. The number of hydrogen-bond acceptors (Lipinski definition) is 5. The number of rotatable bonds is 4. The van der Waals surface area contributed by atoms with Crippen molar-refractivity contribution in [1.29, 1.82) is 0 Å². The average molecular weight is 358 g/mol. The predicted octanol–water partition coefficient (Wildman–Crippen LogP) is 2.27. The highest BCUT2D eigenvalue weighted by Crippen LogP contribution is 2.46. The van der Waals surface area contributed by atoms with Gasteiger partial charge in [-0.3, -0.25) is 19.8 Å². The number of piperazine rings is 1. The highest BCUT2D eigenvalue weighted by molar-refractivity contribution is 6.00. The van der Waals surface area contributed by atoms with Crippen molar-refractivity contribution in [1.82, 2.24) is 10.2 Å². The number of nitrogens with one attached hydrogen (secondary N) is 1. The number of anilines is 1. The highest BCUT2D eigenvalue weighted by Gasteiger charge is 2.42. The Balaban J connectivity index is 1.48. The maximum atomic E-state index is 12.2. The molecular formula is C19H26N4O3. The third kappa shape index (κ3) is 3.05. The maximum absolute atomic E-state index is 12.2. The molecule has 7 nitrogen and oxygen atoms in total. The van der Waals surface area contributed by atoms with Crippen molar-refractivity contribution in [2.24, 2.45) is 11.8 Å². The lowest BCUT2D eigenvalue weighted by Gasteiger charge is -2.42. The fraction of sp³-hybridized carbons (Fsp3) is 0.632. The first-order chi connectivity index (χ1) is 12.6. The van der Waals surface area contributed by atoms with Crippen LogP contribution in [0.3, 0.4) is 0 Å². The lowest BCUT2D eigenvalue weighted by Crippen LogP contribution is -2.52. The summed E-state index contributed by atoms with van der Waals surface area (Å²) in [7, 11) is 1.55. The first kappa shape index (κ1) is 17.3. The van der Waals surface area contributed by atoms with Crippen molar-refractivity contribution in [2.45, 2.75) is 31.7 Å². The second-order valence-electron chi connectivity index (χ2n) is 7.80. The molecule has 1 aromatic carbocycles. The van der Waals surface area contributed by atoms with E-state index in [0.717, 1.165) is 49.7 Å². The molecule has 2 bridgehead atoms. The topological polar surface area (TPSA) is 78.7 Å². The van der Waals surface area contributed by atoms with Gasteiger partial charge < -0.3 is 10.2 Å². The van der Waals surface area contributed by atoms with E-state index in [9.17, 15) is 14.9 Å². The fourth-order valence-electron chi connectivity index (χ4n) is 5.18. The van der Waals surface area contributed by atoms with Crippen LogP contribution in [-0.2, 0) is 0 Å². The number of hydrogen-bond donors (Lipinski definition) is 1. The Morgan fingerprint density at radius 2 is 1.96 bits per heavy atom. The molecule has 7 heteroatoms.